The summed E-state index contributed by atoms with van der Waals surface area (Å²) in [6, 6.07) is 21.6. The number of hydrogen-bond acceptors (Lipinski definition) is 1. The van der Waals surface area contributed by atoms with Gasteiger partial charge >= 0.3 is 0 Å². The van der Waals surface area contributed by atoms with Gasteiger partial charge in [-0.15, -0.1) is 0 Å². The van der Waals surface area contributed by atoms with Gasteiger partial charge in [-0.25, -0.2) is 0 Å². The highest BCUT2D eigenvalue weighted by Gasteiger charge is 2.23. The van der Waals surface area contributed by atoms with Crippen LogP contribution in [-0.4, -0.2) is 15.1 Å². The predicted molar refractivity (Wildman–Crippen MR) is 87.3 cm³/mol. The van der Waals surface area contributed by atoms with Gasteiger partial charge in [-0.2, -0.15) is 0 Å². The molecular formula is C18H22OSi. The van der Waals surface area contributed by atoms with E-state index in [2.05, 4.69) is 60.7 Å². The third-order valence-corrected chi connectivity index (χ3v) is 6.72. The zero-order valence-corrected chi connectivity index (χ0v) is 13.0. The monoisotopic (exact) mass is 282 g/mol. The second kappa shape index (κ2) is 6.87. The number of hydrogen-bond donors (Lipinski definition) is 0. The van der Waals surface area contributed by atoms with Crippen molar-refractivity contribution in [3.8, 4) is 0 Å². The fourth-order valence-corrected chi connectivity index (χ4v) is 5.50. The molecular weight excluding hydrogens is 260 g/mol. The maximum absolute atomic E-state index is 6.60. The molecule has 0 unspecified atom stereocenters. The summed E-state index contributed by atoms with van der Waals surface area (Å²) in [7, 11) is -1.52. The molecule has 0 bridgehead atoms. The fourth-order valence-electron chi connectivity index (χ4n) is 3.00. The van der Waals surface area contributed by atoms with Crippen molar-refractivity contribution >= 4 is 19.4 Å². The van der Waals surface area contributed by atoms with Crippen LogP contribution in [0.1, 0.15) is 32.1 Å². The zero-order chi connectivity index (χ0) is 13.6. The van der Waals surface area contributed by atoms with E-state index in [1.54, 1.807) is 0 Å². The molecule has 2 aromatic carbocycles. The SMILES string of the molecule is c1ccc([SiH](OC2CCCCC2)c2ccccc2)cc1. The molecule has 1 fully saturated rings. The summed E-state index contributed by atoms with van der Waals surface area (Å²) in [5, 5.41) is 2.79. The molecule has 0 aliphatic heterocycles. The van der Waals surface area contributed by atoms with E-state index in [0.29, 0.717) is 6.10 Å². The topological polar surface area (TPSA) is 9.23 Å². The van der Waals surface area contributed by atoms with Crippen molar-refractivity contribution in [2.24, 2.45) is 0 Å². The predicted octanol–water partition coefficient (Wildman–Crippen LogP) is 2.87. The van der Waals surface area contributed by atoms with Gasteiger partial charge in [-0.05, 0) is 23.2 Å². The lowest BCUT2D eigenvalue weighted by molar-refractivity contribution is 0.160. The Hall–Kier alpha value is -1.38. The Balaban J connectivity index is 1.83. The Bertz CT molecular complexity index is 466. The maximum atomic E-state index is 6.60. The number of rotatable bonds is 4. The highest BCUT2D eigenvalue weighted by atomic mass is 28.3. The summed E-state index contributed by atoms with van der Waals surface area (Å²) in [6.07, 6.45) is 6.99. The van der Waals surface area contributed by atoms with Gasteiger partial charge in [0.05, 0.1) is 0 Å². The summed E-state index contributed by atoms with van der Waals surface area (Å²) in [5.41, 5.74) is 0. The van der Waals surface area contributed by atoms with Crippen LogP contribution in [-0.2, 0) is 4.43 Å². The summed E-state index contributed by atoms with van der Waals surface area (Å²) < 4.78 is 6.60. The quantitative estimate of drug-likeness (QED) is 0.784. The van der Waals surface area contributed by atoms with Crippen molar-refractivity contribution in [3.05, 3.63) is 60.7 Å². The van der Waals surface area contributed by atoms with Crippen molar-refractivity contribution in [2.45, 2.75) is 38.2 Å². The van der Waals surface area contributed by atoms with Crippen molar-refractivity contribution in [1.82, 2.24) is 0 Å². The molecule has 0 N–H and O–H groups in total. The lowest BCUT2D eigenvalue weighted by Crippen LogP contribution is -2.47. The third-order valence-electron chi connectivity index (χ3n) is 4.09. The Morgan fingerprint density at radius 2 is 1.20 bits per heavy atom. The van der Waals surface area contributed by atoms with E-state index in [-0.39, 0.29) is 0 Å². The molecule has 1 aliphatic carbocycles. The fraction of sp³-hybridized carbons (Fsp3) is 0.333. The Morgan fingerprint density at radius 1 is 0.700 bits per heavy atom. The van der Waals surface area contributed by atoms with Crippen molar-refractivity contribution < 1.29 is 4.43 Å². The van der Waals surface area contributed by atoms with E-state index >= 15 is 0 Å². The molecule has 2 heteroatoms. The van der Waals surface area contributed by atoms with Gasteiger partial charge < -0.3 is 4.43 Å². The lowest BCUT2D eigenvalue weighted by atomic mass is 9.98. The molecule has 2 aromatic rings. The van der Waals surface area contributed by atoms with Crippen LogP contribution in [0.2, 0.25) is 0 Å². The lowest BCUT2D eigenvalue weighted by Gasteiger charge is -2.27. The van der Waals surface area contributed by atoms with Crippen LogP contribution in [0.25, 0.3) is 0 Å². The van der Waals surface area contributed by atoms with Crippen LogP contribution in [0.15, 0.2) is 60.7 Å². The van der Waals surface area contributed by atoms with E-state index < -0.39 is 9.04 Å². The van der Waals surface area contributed by atoms with Crippen molar-refractivity contribution in [2.75, 3.05) is 0 Å². The van der Waals surface area contributed by atoms with Crippen LogP contribution in [0.4, 0.5) is 0 Å². The van der Waals surface area contributed by atoms with E-state index in [0.717, 1.165) is 0 Å². The first-order valence-electron chi connectivity index (χ1n) is 7.69. The molecule has 1 aliphatic rings. The summed E-state index contributed by atoms with van der Waals surface area (Å²) in [4.78, 5) is 0. The van der Waals surface area contributed by atoms with E-state index in [1.165, 1.54) is 42.5 Å². The minimum absolute atomic E-state index is 0.473. The average molecular weight is 282 g/mol. The molecule has 0 atom stereocenters. The van der Waals surface area contributed by atoms with Gasteiger partial charge in [0.1, 0.15) is 0 Å². The molecule has 0 heterocycles. The summed E-state index contributed by atoms with van der Waals surface area (Å²) in [6.45, 7) is 0. The molecule has 0 radical (unpaired) electrons. The Morgan fingerprint density at radius 3 is 1.70 bits per heavy atom. The van der Waals surface area contributed by atoms with Crippen LogP contribution in [0.5, 0.6) is 0 Å². The zero-order valence-electron chi connectivity index (χ0n) is 11.9. The van der Waals surface area contributed by atoms with Gasteiger partial charge in [-0.3, -0.25) is 0 Å². The number of benzene rings is 2. The van der Waals surface area contributed by atoms with Gasteiger partial charge in [-0.1, -0.05) is 79.9 Å². The molecule has 3 rings (SSSR count). The van der Waals surface area contributed by atoms with E-state index in [9.17, 15) is 0 Å². The van der Waals surface area contributed by atoms with Crippen LogP contribution in [0.3, 0.4) is 0 Å². The van der Waals surface area contributed by atoms with Crippen LogP contribution in [0, 0.1) is 0 Å². The van der Waals surface area contributed by atoms with E-state index in [1.807, 2.05) is 0 Å². The second-order valence-electron chi connectivity index (χ2n) is 5.60. The molecule has 20 heavy (non-hydrogen) atoms. The highest BCUT2D eigenvalue weighted by molar-refractivity contribution is 6.80. The molecule has 0 amide bonds. The van der Waals surface area contributed by atoms with Crippen molar-refractivity contribution in [1.29, 1.82) is 0 Å². The molecule has 0 spiro atoms. The minimum Gasteiger partial charge on any atom is -0.408 e. The maximum Gasteiger partial charge on any atom is 0.240 e. The molecule has 1 saturated carbocycles. The normalized spacial score (nSPS) is 16.4. The summed E-state index contributed by atoms with van der Waals surface area (Å²) in [5.74, 6) is 0. The molecule has 0 aromatic heterocycles. The van der Waals surface area contributed by atoms with Crippen molar-refractivity contribution in [3.63, 3.8) is 0 Å². The Kier molecular flexibility index (Phi) is 4.67. The van der Waals surface area contributed by atoms with Gasteiger partial charge in [0.25, 0.3) is 0 Å². The second-order valence-corrected chi connectivity index (χ2v) is 7.96. The van der Waals surface area contributed by atoms with Gasteiger partial charge in [0.15, 0.2) is 0 Å². The first-order valence-corrected chi connectivity index (χ1v) is 9.31. The van der Waals surface area contributed by atoms with Gasteiger partial charge in [0, 0.05) is 6.10 Å². The molecule has 1 nitrogen and oxygen atoms in total. The van der Waals surface area contributed by atoms with E-state index in [4.69, 9.17) is 4.43 Å². The van der Waals surface area contributed by atoms with Gasteiger partial charge in [0.2, 0.25) is 9.04 Å². The third kappa shape index (κ3) is 3.38. The summed E-state index contributed by atoms with van der Waals surface area (Å²) >= 11 is 0. The minimum atomic E-state index is -1.52. The first-order chi connectivity index (χ1) is 9.93. The van der Waals surface area contributed by atoms with Crippen LogP contribution >= 0.6 is 0 Å². The van der Waals surface area contributed by atoms with Crippen LogP contribution < -0.4 is 10.4 Å². The first kappa shape index (κ1) is 13.6. The Labute approximate surface area is 123 Å². The smallest absolute Gasteiger partial charge is 0.240 e. The standard InChI is InChI=1S/C18H22OSi/c1-4-10-16(11-5-1)19-20(17-12-6-2-7-13-17)18-14-8-3-9-15-18/h2-3,6-9,12-16,20H,1,4-5,10-11H2. The molecule has 104 valence electrons. The highest BCUT2D eigenvalue weighted by Crippen LogP contribution is 2.20. The average Bonchev–Trinajstić information content (AvgIpc) is 2.55. The largest absolute Gasteiger partial charge is 0.408 e. The molecule has 0 saturated heterocycles.